The maximum atomic E-state index is 12.0. The minimum atomic E-state index is -0.514. The van der Waals surface area contributed by atoms with Crippen molar-refractivity contribution in [2.75, 3.05) is 13.2 Å². The first-order valence-corrected chi connectivity index (χ1v) is 6.15. The Balaban J connectivity index is 2.24. The quantitative estimate of drug-likeness (QED) is 0.706. The molecule has 6 heteroatoms. The highest BCUT2D eigenvalue weighted by molar-refractivity contribution is 5.77. The van der Waals surface area contributed by atoms with E-state index in [0.717, 1.165) is 0 Å². The number of carbonyl (C=O) groups excluding carboxylic acids is 2. The van der Waals surface area contributed by atoms with Gasteiger partial charge in [0.2, 0.25) is 0 Å². The van der Waals surface area contributed by atoms with Crippen LogP contribution in [0, 0.1) is 0 Å². The molecule has 2 bridgehead atoms. The van der Waals surface area contributed by atoms with Crippen molar-refractivity contribution in [2.24, 2.45) is 0 Å². The first kappa shape index (κ1) is 12.7. The Morgan fingerprint density at radius 1 is 1.28 bits per heavy atom. The second kappa shape index (κ2) is 4.51. The summed E-state index contributed by atoms with van der Waals surface area (Å²) in [5, 5.41) is 2.71. The topological polar surface area (TPSA) is 59.1 Å². The van der Waals surface area contributed by atoms with Crippen molar-refractivity contribution in [3.63, 3.8) is 0 Å². The summed E-state index contributed by atoms with van der Waals surface area (Å²) in [6.45, 7) is 5.92. The molecule has 0 aromatic rings. The number of amides is 2. The van der Waals surface area contributed by atoms with Crippen molar-refractivity contribution < 1.29 is 19.1 Å². The van der Waals surface area contributed by atoms with Crippen molar-refractivity contribution in [3.8, 4) is 0 Å². The van der Waals surface area contributed by atoms with E-state index in [2.05, 4.69) is 0 Å². The van der Waals surface area contributed by atoms with Crippen LogP contribution in [0.15, 0.2) is 12.2 Å². The predicted molar refractivity (Wildman–Crippen MR) is 63.7 cm³/mol. The zero-order valence-corrected chi connectivity index (χ0v) is 10.9. The van der Waals surface area contributed by atoms with Gasteiger partial charge in [-0.25, -0.2) is 19.6 Å². The molecule has 1 saturated heterocycles. The van der Waals surface area contributed by atoms with Crippen LogP contribution < -0.4 is 0 Å². The highest BCUT2D eigenvalue weighted by atomic mass is 16.6. The van der Waals surface area contributed by atoms with Crippen LogP contribution in [-0.4, -0.2) is 47.0 Å². The predicted octanol–water partition coefficient (Wildman–Crippen LogP) is 1.92. The molecule has 0 saturated carbocycles. The van der Waals surface area contributed by atoms with Crippen LogP contribution in [0.5, 0.6) is 0 Å². The molecule has 2 atom stereocenters. The third-order valence-electron chi connectivity index (χ3n) is 3.21. The number of rotatable bonds is 2. The lowest BCUT2D eigenvalue weighted by Crippen LogP contribution is -2.56. The third-order valence-corrected chi connectivity index (χ3v) is 3.21. The lowest BCUT2D eigenvalue weighted by Gasteiger charge is -2.38. The van der Waals surface area contributed by atoms with Gasteiger partial charge < -0.3 is 9.47 Å². The van der Waals surface area contributed by atoms with Gasteiger partial charge in [-0.1, -0.05) is 12.2 Å². The highest BCUT2D eigenvalue weighted by Crippen LogP contribution is 2.41. The van der Waals surface area contributed by atoms with Crippen LogP contribution >= 0.6 is 0 Å². The molecule has 0 aromatic carbocycles. The second-order valence-electron chi connectivity index (χ2n) is 4.54. The lowest BCUT2D eigenvalue weighted by atomic mass is 10.0. The number of hydrazine groups is 1. The monoisotopic (exact) mass is 254 g/mol. The van der Waals surface area contributed by atoms with E-state index in [4.69, 9.17) is 9.47 Å². The van der Waals surface area contributed by atoms with Gasteiger partial charge in [-0.15, -0.1) is 0 Å². The van der Waals surface area contributed by atoms with Crippen LogP contribution in [-0.2, 0) is 9.47 Å². The Bertz CT molecular complexity index is 396. The van der Waals surface area contributed by atoms with E-state index in [1.54, 1.807) is 13.8 Å². The summed E-state index contributed by atoms with van der Waals surface area (Å²) in [5.74, 6) is 0. The van der Waals surface area contributed by atoms with Gasteiger partial charge in [0.1, 0.15) is 0 Å². The summed E-state index contributed by atoms with van der Waals surface area (Å²) in [6, 6.07) is -0.126. The molecule has 2 aliphatic rings. The minimum absolute atomic E-state index is 0.126. The number of ether oxygens (including phenoxy) is 2. The fourth-order valence-electron chi connectivity index (χ4n) is 2.49. The van der Waals surface area contributed by atoms with E-state index in [1.807, 2.05) is 19.1 Å². The largest absolute Gasteiger partial charge is 0.448 e. The zero-order chi connectivity index (χ0) is 13.3. The van der Waals surface area contributed by atoms with Crippen molar-refractivity contribution >= 4 is 12.2 Å². The summed E-state index contributed by atoms with van der Waals surface area (Å²) >= 11 is 0. The molecule has 1 heterocycles. The Hall–Kier alpha value is -1.72. The van der Waals surface area contributed by atoms with Gasteiger partial charge in [0, 0.05) is 6.42 Å². The van der Waals surface area contributed by atoms with Crippen LogP contribution in [0.1, 0.15) is 27.2 Å². The summed E-state index contributed by atoms with van der Waals surface area (Å²) in [7, 11) is 0. The maximum Gasteiger partial charge on any atom is 0.429 e. The van der Waals surface area contributed by atoms with Crippen LogP contribution in [0.2, 0.25) is 0 Å². The molecular weight excluding hydrogens is 236 g/mol. The van der Waals surface area contributed by atoms with Crippen molar-refractivity contribution in [2.45, 2.75) is 38.8 Å². The Kier molecular flexibility index (Phi) is 3.19. The summed E-state index contributed by atoms with van der Waals surface area (Å²) in [5.41, 5.74) is -0.496. The molecule has 6 nitrogen and oxygen atoms in total. The Morgan fingerprint density at radius 3 is 2.50 bits per heavy atom. The molecule has 1 aliphatic carbocycles. The van der Waals surface area contributed by atoms with Crippen molar-refractivity contribution in [3.05, 3.63) is 12.2 Å². The highest BCUT2D eigenvalue weighted by Gasteiger charge is 2.55. The van der Waals surface area contributed by atoms with E-state index in [9.17, 15) is 9.59 Å². The van der Waals surface area contributed by atoms with E-state index in [-0.39, 0.29) is 19.3 Å². The second-order valence-corrected chi connectivity index (χ2v) is 4.54. The normalized spacial score (nSPS) is 28.7. The Labute approximate surface area is 106 Å². The smallest absolute Gasteiger partial charge is 0.429 e. The Morgan fingerprint density at radius 2 is 1.89 bits per heavy atom. The number of fused-ring (bicyclic) bond motifs is 2. The first-order chi connectivity index (χ1) is 8.53. The van der Waals surface area contributed by atoms with Crippen LogP contribution in [0.3, 0.4) is 0 Å². The fourth-order valence-corrected chi connectivity index (χ4v) is 2.49. The van der Waals surface area contributed by atoms with Gasteiger partial charge >= 0.3 is 12.2 Å². The minimum Gasteiger partial charge on any atom is -0.448 e. The van der Waals surface area contributed by atoms with Gasteiger partial charge in [0.25, 0.3) is 0 Å². The van der Waals surface area contributed by atoms with E-state index < -0.39 is 17.7 Å². The molecule has 1 aliphatic heterocycles. The molecule has 18 heavy (non-hydrogen) atoms. The average Bonchev–Trinajstić information content (AvgIpc) is 2.82. The summed E-state index contributed by atoms with van der Waals surface area (Å²) in [4.78, 5) is 23.9. The standard InChI is InChI=1S/C12H18N2O4/c1-4-17-10(15)13-9-6-7-12(3,8-9)14(13)11(16)18-5-2/h6-7,9H,4-5,8H2,1-3H3/t9-,12+/m1/s1. The van der Waals surface area contributed by atoms with Crippen LogP contribution in [0.25, 0.3) is 0 Å². The summed E-state index contributed by atoms with van der Waals surface area (Å²) in [6.07, 6.45) is 3.52. The number of nitrogens with zero attached hydrogens (tertiary/aromatic N) is 2. The molecular formula is C12H18N2O4. The molecule has 0 aromatic heterocycles. The van der Waals surface area contributed by atoms with Gasteiger partial charge in [-0.05, 0) is 20.8 Å². The molecule has 2 rings (SSSR count). The van der Waals surface area contributed by atoms with Gasteiger partial charge in [0.15, 0.2) is 0 Å². The van der Waals surface area contributed by atoms with Gasteiger partial charge in [-0.3, -0.25) is 0 Å². The van der Waals surface area contributed by atoms with E-state index >= 15 is 0 Å². The molecule has 0 radical (unpaired) electrons. The molecule has 0 unspecified atom stereocenters. The number of hydrogen-bond acceptors (Lipinski definition) is 4. The maximum absolute atomic E-state index is 12.0. The fraction of sp³-hybridized carbons (Fsp3) is 0.667. The van der Waals surface area contributed by atoms with Gasteiger partial charge in [-0.2, -0.15) is 0 Å². The molecule has 100 valence electrons. The molecule has 0 N–H and O–H groups in total. The lowest BCUT2D eigenvalue weighted by molar-refractivity contribution is -0.0316. The molecule has 2 amide bonds. The first-order valence-electron chi connectivity index (χ1n) is 6.15. The molecule has 0 spiro atoms. The zero-order valence-electron chi connectivity index (χ0n) is 10.9. The van der Waals surface area contributed by atoms with Crippen LogP contribution in [0.4, 0.5) is 9.59 Å². The third kappa shape index (κ3) is 1.81. The van der Waals surface area contributed by atoms with Crippen molar-refractivity contribution in [1.29, 1.82) is 0 Å². The summed E-state index contributed by atoms with van der Waals surface area (Å²) < 4.78 is 9.99. The average molecular weight is 254 g/mol. The van der Waals surface area contributed by atoms with E-state index in [0.29, 0.717) is 6.42 Å². The van der Waals surface area contributed by atoms with Gasteiger partial charge in [0.05, 0.1) is 24.8 Å². The number of hydrogen-bond donors (Lipinski definition) is 0. The van der Waals surface area contributed by atoms with E-state index in [1.165, 1.54) is 10.0 Å². The van der Waals surface area contributed by atoms with Crippen molar-refractivity contribution in [1.82, 2.24) is 10.0 Å². The molecule has 1 fully saturated rings. The number of carbonyl (C=O) groups is 2. The SMILES string of the molecule is CCOC(=O)N1[C@@H]2C=C[C@@](C)(C2)N1C(=O)OCC.